The van der Waals surface area contributed by atoms with Gasteiger partial charge >= 0.3 is 0 Å². The number of anilines is 2. The minimum Gasteiger partial charge on any atom is -0.365 e. The molecule has 2 rings (SSSR count). The van der Waals surface area contributed by atoms with E-state index in [1.165, 1.54) is 6.07 Å². The summed E-state index contributed by atoms with van der Waals surface area (Å²) in [6.07, 6.45) is 1.69. The van der Waals surface area contributed by atoms with Crippen LogP contribution >= 0.6 is 0 Å². The first kappa shape index (κ1) is 15.0. The van der Waals surface area contributed by atoms with Crippen LogP contribution in [-0.4, -0.2) is 25.2 Å². The fourth-order valence-corrected chi connectivity index (χ4v) is 2.74. The zero-order chi connectivity index (χ0) is 15.3. The molecule has 7 heteroatoms. The van der Waals surface area contributed by atoms with Crippen LogP contribution in [0.3, 0.4) is 0 Å². The number of nitrogens with one attached hydrogen (secondary N) is 2. The van der Waals surface area contributed by atoms with E-state index in [0.29, 0.717) is 12.4 Å². The van der Waals surface area contributed by atoms with Gasteiger partial charge in [-0.3, -0.25) is 4.72 Å². The highest BCUT2D eigenvalue weighted by Gasteiger charge is 2.14. The zero-order valence-electron chi connectivity index (χ0n) is 11.6. The zero-order valence-corrected chi connectivity index (χ0v) is 12.4. The third-order valence-corrected chi connectivity index (χ3v) is 3.98. The number of rotatable bonds is 6. The summed E-state index contributed by atoms with van der Waals surface area (Å²) < 4.78 is 26.8. The fraction of sp³-hybridized carbons (Fsp3) is 0.143. The van der Waals surface area contributed by atoms with Crippen LogP contribution in [0.1, 0.15) is 5.56 Å². The molecule has 0 saturated carbocycles. The number of nitrogens with zero attached hydrogens (tertiary/aromatic N) is 2. The molecule has 0 spiro atoms. The van der Waals surface area contributed by atoms with Gasteiger partial charge in [0.05, 0.1) is 4.90 Å². The van der Waals surface area contributed by atoms with Crippen molar-refractivity contribution in [2.45, 2.75) is 11.8 Å². The molecule has 1 aromatic heterocycles. The van der Waals surface area contributed by atoms with Gasteiger partial charge in [0, 0.05) is 6.54 Å². The van der Waals surface area contributed by atoms with Crippen LogP contribution in [0.15, 0.2) is 53.9 Å². The van der Waals surface area contributed by atoms with Gasteiger partial charge in [-0.2, -0.15) is 0 Å². The second-order valence-corrected chi connectivity index (χ2v) is 6.08. The third kappa shape index (κ3) is 4.03. The van der Waals surface area contributed by atoms with Gasteiger partial charge in [0.25, 0.3) is 10.0 Å². The summed E-state index contributed by atoms with van der Waals surface area (Å²) in [4.78, 5) is 0.193. The van der Waals surface area contributed by atoms with Gasteiger partial charge < -0.3 is 5.32 Å². The number of aryl methyl sites for hydroxylation is 1. The Balaban J connectivity index is 2.15. The fourth-order valence-electron chi connectivity index (χ4n) is 1.64. The van der Waals surface area contributed by atoms with Crippen molar-refractivity contribution in [1.82, 2.24) is 10.2 Å². The molecule has 0 aliphatic rings. The van der Waals surface area contributed by atoms with Crippen LogP contribution in [0.25, 0.3) is 0 Å². The van der Waals surface area contributed by atoms with E-state index in [2.05, 4.69) is 26.8 Å². The van der Waals surface area contributed by atoms with Crippen molar-refractivity contribution in [2.24, 2.45) is 0 Å². The molecule has 6 nitrogen and oxygen atoms in total. The van der Waals surface area contributed by atoms with E-state index in [9.17, 15) is 8.42 Å². The summed E-state index contributed by atoms with van der Waals surface area (Å²) in [6, 6.07) is 9.84. The highest BCUT2D eigenvalue weighted by molar-refractivity contribution is 7.92. The van der Waals surface area contributed by atoms with Crippen LogP contribution in [0, 0.1) is 6.92 Å². The maximum atomic E-state index is 12.2. The highest BCUT2D eigenvalue weighted by Crippen LogP contribution is 2.15. The SMILES string of the molecule is C=CCNc1ccc(NS(=O)(=O)c2cccc(C)c2)nn1. The van der Waals surface area contributed by atoms with Crippen molar-refractivity contribution in [3.63, 3.8) is 0 Å². The molecule has 21 heavy (non-hydrogen) atoms. The van der Waals surface area contributed by atoms with Crippen molar-refractivity contribution in [1.29, 1.82) is 0 Å². The standard InChI is InChI=1S/C14H16N4O2S/c1-3-9-15-13-7-8-14(17-16-13)18-21(19,20)12-6-4-5-11(2)10-12/h3-8,10H,1,9H2,2H3,(H,15,16)(H,17,18). The van der Waals surface area contributed by atoms with Crippen molar-refractivity contribution >= 4 is 21.7 Å². The molecule has 2 N–H and O–H groups in total. The van der Waals surface area contributed by atoms with Gasteiger partial charge in [-0.25, -0.2) is 8.42 Å². The summed E-state index contributed by atoms with van der Waals surface area (Å²) >= 11 is 0. The van der Waals surface area contributed by atoms with Crippen LogP contribution < -0.4 is 10.0 Å². The van der Waals surface area contributed by atoms with Gasteiger partial charge in [0.1, 0.15) is 5.82 Å². The number of hydrogen-bond acceptors (Lipinski definition) is 5. The molecule has 1 heterocycles. The van der Waals surface area contributed by atoms with Crippen LogP contribution in [-0.2, 0) is 10.0 Å². The van der Waals surface area contributed by atoms with Crippen molar-refractivity contribution in [2.75, 3.05) is 16.6 Å². The highest BCUT2D eigenvalue weighted by atomic mass is 32.2. The molecule has 0 bridgehead atoms. The Hall–Kier alpha value is -2.41. The van der Waals surface area contributed by atoms with E-state index < -0.39 is 10.0 Å². The molecule has 0 unspecified atom stereocenters. The number of benzene rings is 1. The van der Waals surface area contributed by atoms with Gasteiger partial charge in [0.15, 0.2) is 5.82 Å². The number of aromatic nitrogens is 2. The Bertz CT molecular complexity index is 727. The number of sulfonamides is 1. The van der Waals surface area contributed by atoms with Crippen LogP contribution in [0.5, 0.6) is 0 Å². The Labute approximate surface area is 124 Å². The molecule has 1 aromatic carbocycles. The summed E-state index contributed by atoms with van der Waals surface area (Å²) in [5, 5.41) is 10.7. The second-order valence-electron chi connectivity index (χ2n) is 4.40. The van der Waals surface area contributed by atoms with E-state index in [1.807, 2.05) is 13.0 Å². The van der Waals surface area contributed by atoms with Gasteiger partial charge in [-0.1, -0.05) is 18.2 Å². The minimum atomic E-state index is -3.65. The smallest absolute Gasteiger partial charge is 0.263 e. The molecular weight excluding hydrogens is 288 g/mol. The summed E-state index contributed by atoms with van der Waals surface area (Å²) in [5.41, 5.74) is 0.868. The molecule has 0 aliphatic heterocycles. The molecule has 0 fully saturated rings. The lowest BCUT2D eigenvalue weighted by molar-refractivity contribution is 0.601. The summed E-state index contributed by atoms with van der Waals surface area (Å²) in [7, 11) is -3.65. The van der Waals surface area contributed by atoms with Crippen LogP contribution in [0.2, 0.25) is 0 Å². The lowest BCUT2D eigenvalue weighted by atomic mass is 10.2. The molecule has 0 aliphatic carbocycles. The molecule has 0 atom stereocenters. The van der Waals surface area contributed by atoms with Gasteiger partial charge in [-0.05, 0) is 36.8 Å². The summed E-state index contributed by atoms with van der Waals surface area (Å²) in [5.74, 6) is 0.717. The monoisotopic (exact) mass is 304 g/mol. The predicted molar refractivity (Wildman–Crippen MR) is 82.7 cm³/mol. The lowest BCUT2D eigenvalue weighted by Gasteiger charge is -2.08. The molecule has 2 aromatic rings. The Kier molecular flexibility index (Phi) is 4.54. The normalized spacial score (nSPS) is 10.9. The quantitative estimate of drug-likeness (QED) is 0.799. The van der Waals surface area contributed by atoms with E-state index in [-0.39, 0.29) is 10.7 Å². The third-order valence-electron chi connectivity index (χ3n) is 2.63. The maximum Gasteiger partial charge on any atom is 0.263 e. The molecule has 0 amide bonds. The minimum absolute atomic E-state index is 0.167. The first-order chi connectivity index (χ1) is 10.0. The van der Waals surface area contributed by atoms with Gasteiger partial charge in [-0.15, -0.1) is 16.8 Å². The van der Waals surface area contributed by atoms with Gasteiger partial charge in [0.2, 0.25) is 0 Å². The lowest BCUT2D eigenvalue weighted by Crippen LogP contribution is -2.14. The van der Waals surface area contributed by atoms with Crippen molar-refractivity contribution in [3.05, 3.63) is 54.6 Å². The van der Waals surface area contributed by atoms with Crippen molar-refractivity contribution in [3.8, 4) is 0 Å². The average molecular weight is 304 g/mol. The Morgan fingerprint density at radius 1 is 1.19 bits per heavy atom. The topological polar surface area (TPSA) is 84.0 Å². The van der Waals surface area contributed by atoms with Crippen molar-refractivity contribution < 1.29 is 8.42 Å². The molecule has 0 radical (unpaired) electrons. The van der Waals surface area contributed by atoms with E-state index in [1.54, 1.807) is 30.3 Å². The largest absolute Gasteiger partial charge is 0.365 e. The Morgan fingerprint density at radius 3 is 2.52 bits per heavy atom. The first-order valence-corrected chi connectivity index (χ1v) is 7.77. The molecule has 0 saturated heterocycles. The molecular formula is C14H16N4O2S. The predicted octanol–water partition coefficient (Wildman–Crippen LogP) is 2.18. The number of hydrogen-bond donors (Lipinski definition) is 2. The molecule has 110 valence electrons. The second kappa shape index (κ2) is 6.36. The first-order valence-electron chi connectivity index (χ1n) is 6.29. The van der Waals surface area contributed by atoms with E-state index in [0.717, 1.165) is 5.56 Å². The Morgan fingerprint density at radius 2 is 1.90 bits per heavy atom. The maximum absolute atomic E-state index is 12.2. The average Bonchev–Trinajstić information content (AvgIpc) is 2.46. The van der Waals surface area contributed by atoms with E-state index >= 15 is 0 Å². The van der Waals surface area contributed by atoms with Crippen LogP contribution in [0.4, 0.5) is 11.6 Å². The van der Waals surface area contributed by atoms with E-state index in [4.69, 9.17) is 0 Å². The summed E-state index contributed by atoms with van der Waals surface area (Å²) in [6.45, 7) is 5.97.